The fourth-order valence-electron chi connectivity index (χ4n) is 1.12. The molecule has 0 bridgehead atoms. The van der Waals surface area contributed by atoms with Crippen LogP contribution in [0, 0.1) is 15.9 Å². The van der Waals surface area contributed by atoms with Gasteiger partial charge in [0.2, 0.25) is 0 Å². The minimum atomic E-state index is -0.695. The Balaban J connectivity index is 3.06. The average molecular weight is 276 g/mol. The van der Waals surface area contributed by atoms with E-state index in [4.69, 9.17) is 0 Å². The van der Waals surface area contributed by atoms with Crippen LogP contribution in [0.5, 0.6) is 0 Å². The number of hydrogen-bond donors (Lipinski definition) is 0. The molecule has 0 aromatic heterocycles. The third kappa shape index (κ3) is 3.09. The maximum absolute atomic E-state index is 12.7. The van der Waals surface area contributed by atoms with Gasteiger partial charge in [0.05, 0.1) is 16.3 Å². The van der Waals surface area contributed by atoms with Crippen LogP contribution in [0.3, 0.4) is 0 Å². The second-order valence-corrected chi connectivity index (χ2v) is 3.44. The molecular weight excluding hydrogens is 269 g/mol. The van der Waals surface area contributed by atoms with Crippen molar-refractivity contribution in [2.75, 3.05) is 5.33 Å². The molecule has 0 saturated heterocycles. The number of ketones is 1. The van der Waals surface area contributed by atoms with Gasteiger partial charge >= 0.3 is 0 Å². The number of carbonyl (C=O) groups excluding carboxylic acids is 1. The van der Waals surface area contributed by atoms with Crippen LogP contribution in [0.2, 0.25) is 0 Å². The molecule has 1 aromatic rings. The molecule has 0 atom stereocenters. The largest absolute Gasteiger partial charge is 0.298 e. The van der Waals surface area contributed by atoms with Crippen molar-refractivity contribution >= 4 is 27.4 Å². The standard InChI is InChI=1S/C9H7BrFNO3/c10-5-8(13)3-6-1-2-7(11)4-9(6)12(14)15/h1-2,4H,3,5H2. The van der Waals surface area contributed by atoms with Crippen LogP contribution in [-0.2, 0) is 11.2 Å². The highest BCUT2D eigenvalue weighted by atomic mass is 79.9. The van der Waals surface area contributed by atoms with Gasteiger partial charge in [-0.3, -0.25) is 14.9 Å². The van der Waals surface area contributed by atoms with E-state index in [-0.39, 0.29) is 28.8 Å². The number of hydrogen-bond acceptors (Lipinski definition) is 3. The Labute approximate surface area is 93.4 Å². The second-order valence-electron chi connectivity index (χ2n) is 2.88. The monoisotopic (exact) mass is 275 g/mol. The van der Waals surface area contributed by atoms with E-state index in [0.29, 0.717) is 0 Å². The Hall–Kier alpha value is -1.30. The molecule has 80 valence electrons. The normalized spacial score (nSPS) is 10.0. The van der Waals surface area contributed by atoms with E-state index in [2.05, 4.69) is 15.9 Å². The van der Waals surface area contributed by atoms with Gasteiger partial charge in [0.25, 0.3) is 5.69 Å². The summed E-state index contributed by atoms with van der Waals surface area (Å²) in [6.45, 7) is 0. The van der Waals surface area contributed by atoms with Crippen LogP contribution in [-0.4, -0.2) is 16.0 Å². The van der Waals surface area contributed by atoms with Crippen molar-refractivity contribution in [3.63, 3.8) is 0 Å². The minimum Gasteiger partial charge on any atom is -0.298 e. The van der Waals surface area contributed by atoms with E-state index < -0.39 is 10.7 Å². The number of nitro groups is 1. The van der Waals surface area contributed by atoms with Crippen LogP contribution in [0.1, 0.15) is 5.56 Å². The Morgan fingerprint density at radius 1 is 1.53 bits per heavy atom. The molecule has 15 heavy (non-hydrogen) atoms. The number of rotatable bonds is 4. The number of nitrogens with zero attached hydrogens (tertiary/aromatic N) is 1. The Morgan fingerprint density at radius 3 is 2.73 bits per heavy atom. The van der Waals surface area contributed by atoms with E-state index in [1.807, 2.05) is 0 Å². The molecular formula is C9H7BrFNO3. The number of benzene rings is 1. The molecule has 0 N–H and O–H groups in total. The van der Waals surface area contributed by atoms with Crippen molar-refractivity contribution in [3.05, 3.63) is 39.7 Å². The fraction of sp³-hybridized carbons (Fsp3) is 0.222. The zero-order valence-corrected chi connectivity index (χ0v) is 9.16. The number of alkyl halides is 1. The predicted octanol–water partition coefficient (Wildman–Crippen LogP) is 2.24. The van der Waals surface area contributed by atoms with Crippen molar-refractivity contribution in [2.24, 2.45) is 0 Å². The van der Waals surface area contributed by atoms with Gasteiger partial charge in [-0.15, -0.1) is 0 Å². The first-order valence-corrected chi connectivity index (χ1v) is 5.17. The average Bonchev–Trinajstić information content (AvgIpc) is 2.20. The summed E-state index contributed by atoms with van der Waals surface area (Å²) in [6, 6.07) is 3.18. The first-order valence-electron chi connectivity index (χ1n) is 4.05. The molecule has 0 aliphatic rings. The molecule has 0 spiro atoms. The van der Waals surface area contributed by atoms with Gasteiger partial charge in [-0.25, -0.2) is 4.39 Å². The SMILES string of the molecule is O=C(CBr)Cc1ccc(F)cc1[N+](=O)[O-]. The third-order valence-electron chi connectivity index (χ3n) is 1.78. The van der Waals surface area contributed by atoms with Crippen LogP contribution in [0.4, 0.5) is 10.1 Å². The molecule has 6 heteroatoms. The van der Waals surface area contributed by atoms with Crippen LogP contribution in [0.25, 0.3) is 0 Å². The highest BCUT2D eigenvalue weighted by Gasteiger charge is 2.16. The molecule has 0 saturated carbocycles. The smallest absolute Gasteiger partial charge is 0.275 e. The number of nitro benzene ring substituents is 1. The molecule has 1 aromatic carbocycles. The first kappa shape index (κ1) is 11.8. The van der Waals surface area contributed by atoms with E-state index in [0.717, 1.165) is 12.1 Å². The molecule has 0 unspecified atom stereocenters. The third-order valence-corrected chi connectivity index (χ3v) is 2.41. The lowest BCUT2D eigenvalue weighted by molar-refractivity contribution is -0.385. The quantitative estimate of drug-likeness (QED) is 0.481. The Bertz CT molecular complexity index is 408. The number of Topliss-reactive ketones (excluding diaryl/α,β-unsaturated/α-hetero) is 1. The van der Waals surface area contributed by atoms with Crippen molar-refractivity contribution in [1.29, 1.82) is 0 Å². The molecule has 1 rings (SSSR count). The maximum atomic E-state index is 12.7. The second kappa shape index (κ2) is 4.97. The van der Waals surface area contributed by atoms with Gasteiger partial charge in [0.1, 0.15) is 11.6 Å². The molecule has 0 aliphatic heterocycles. The molecule has 0 radical (unpaired) electrons. The van der Waals surface area contributed by atoms with Gasteiger partial charge in [-0.05, 0) is 12.1 Å². The number of halogens is 2. The van der Waals surface area contributed by atoms with Gasteiger partial charge in [-0.1, -0.05) is 15.9 Å². The Morgan fingerprint density at radius 2 is 2.20 bits per heavy atom. The summed E-state index contributed by atoms with van der Waals surface area (Å²) in [5.41, 5.74) is -0.129. The van der Waals surface area contributed by atoms with Gasteiger partial charge in [0.15, 0.2) is 0 Å². The van der Waals surface area contributed by atoms with E-state index in [1.165, 1.54) is 6.07 Å². The summed E-state index contributed by atoms with van der Waals surface area (Å²) in [7, 11) is 0. The van der Waals surface area contributed by atoms with Gasteiger partial charge < -0.3 is 0 Å². The molecule has 0 heterocycles. The predicted molar refractivity (Wildman–Crippen MR) is 55.6 cm³/mol. The van der Waals surface area contributed by atoms with Gasteiger partial charge in [-0.2, -0.15) is 0 Å². The maximum Gasteiger partial charge on any atom is 0.275 e. The van der Waals surface area contributed by atoms with E-state index >= 15 is 0 Å². The molecule has 0 aliphatic carbocycles. The Kier molecular flexibility index (Phi) is 3.90. The number of carbonyl (C=O) groups is 1. The highest BCUT2D eigenvalue weighted by Crippen LogP contribution is 2.20. The summed E-state index contributed by atoms with van der Waals surface area (Å²) in [6.07, 6.45) is -0.0676. The molecule has 0 amide bonds. The van der Waals surface area contributed by atoms with Crippen molar-refractivity contribution in [2.45, 2.75) is 6.42 Å². The summed E-state index contributed by atoms with van der Waals surface area (Å²) < 4.78 is 12.7. The van der Waals surface area contributed by atoms with Crippen LogP contribution < -0.4 is 0 Å². The van der Waals surface area contributed by atoms with Gasteiger partial charge in [0, 0.05) is 12.0 Å². The minimum absolute atomic E-state index is 0.0676. The topological polar surface area (TPSA) is 60.2 Å². The molecule has 4 nitrogen and oxygen atoms in total. The van der Waals surface area contributed by atoms with Crippen molar-refractivity contribution < 1.29 is 14.1 Å². The summed E-state index contributed by atoms with van der Waals surface area (Å²) in [5, 5.41) is 10.7. The zero-order chi connectivity index (χ0) is 11.4. The highest BCUT2D eigenvalue weighted by molar-refractivity contribution is 9.09. The lowest BCUT2D eigenvalue weighted by atomic mass is 10.1. The van der Waals surface area contributed by atoms with Crippen LogP contribution >= 0.6 is 15.9 Å². The van der Waals surface area contributed by atoms with E-state index in [9.17, 15) is 19.3 Å². The first-order chi connectivity index (χ1) is 7.04. The van der Waals surface area contributed by atoms with Crippen molar-refractivity contribution in [3.8, 4) is 0 Å². The zero-order valence-electron chi connectivity index (χ0n) is 7.57. The van der Waals surface area contributed by atoms with E-state index in [1.54, 1.807) is 0 Å². The summed E-state index contributed by atoms with van der Waals surface area (Å²) in [4.78, 5) is 20.9. The lowest BCUT2D eigenvalue weighted by Crippen LogP contribution is -2.06. The summed E-state index contributed by atoms with van der Waals surface area (Å²) in [5.74, 6) is -0.874. The van der Waals surface area contributed by atoms with Crippen molar-refractivity contribution in [1.82, 2.24) is 0 Å². The van der Waals surface area contributed by atoms with Crippen LogP contribution in [0.15, 0.2) is 18.2 Å². The molecule has 0 fully saturated rings. The summed E-state index contributed by atoms with van der Waals surface area (Å²) >= 11 is 2.95. The lowest BCUT2D eigenvalue weighted by Gasteiger charge is -2.00. The fourth-order valence-corrected chi connectivity index (χ4v) is 1.31.